The average molecular weight is 397 g/mol. The van der Waals surface area contributed by atoms with E-state index in [0.717, 1.165) is 25.3 Å². The van der Waals surface area contributed by atoms with E-state index in [1.807, 2.05) is 23.1 Å². The Morgan fingerprint density at radius 3 is 2.43 bits per heavy atom. The molecule has 6 nitrogen and oxygen atoms in total. The summed E-state index contributed by atoms with van der Waals surface area (Å²) in [6, 6.07) is 23.2. The van der Waals surface area contributed by atoms with Crippen LogP contribution in [0.1, 0.15) is 21.5 Å². The molecule has 1 amide bonds. The largest absolute Gasteiger partial charge is 0.340 e. The monoisotopic (exact) mass is 397 g/mol. The highest BCUT2D eigenvalue weighted by atomic mass is 16.2. The van der Waals surface area contributed by atoms with Crippen LogP contribution in [0.4, 0.5) is 11.5 Å². The summed E-state index contributed by atoms with van der Waals surface area (Å²) in [5.74, 6) is 0.632. The van der Waals surface area contributed by atoms with Crippen molar-refractivity contribution in [3.8, 4) is 6.07 Å². The summed E-state index contributed by atoms with van der Waals surface area (Å²) in [6.07, 6.45) is 1.64. The molecule has 0 spiro atoms. The number of hydrogen-bond donors (Lipinski definition) is 1. The number of piperazine rings is 1. The van der Waals surface area contributed by atoms with E-state index in [0.29, 0.717) is 30.0 Å². The molecule has 0 unspecified atom stereocenters. The second-order valence-corrected chi connectivity index (χ2v) is 7.30. The van der Waals surface area contributed by atoms with Crippen LogP contribution in [-0.2, 0) is 6.54 Å². The van der Waals surface area contributed by atoms with Crippen molar-refractivity contribution in [1.29, 1.82) is 5.26 Å². The minimum atomic E-state index is 0.0274. The van der Waals surface area contributed by atoms with Crippen molar-refractivity contribution in [1.82, 2.24) is 14.8 Å². The summed E-state index contributed by atoms with van der Waals surface area (Å²) in [5.41, 5.74) is 3.34. The number of amides is 1. The fourth-order valence-corrected chi connectivity index (χ4v) is 3.54. The smallest absolute Gasteiger partial charge is 0.254 e. The maximum absolute atomic E-state index is 13.0. The number of pyridine rings is 1. The number of aromatic nitrogens is 1. The van der Waals surface area contributed by atoms with E-state index in [-0.39, 0.29) is 5.91 Å². The van der Waals surface area contributed by atoms with Gasteiger partial charge in [0.2, 0.25) is 0 Å². The molecule has 0 aliphatic carbocycles. The average Bonchev–Trinajstić information content (AvgIpc) is 2.80. The summed E-state index contributed by atoms with van der Waals surface area (Å²) < 4.78 is 0. The molecule has 3 aromatic rings. The van der Waals surface area contributed by atoms with Crippen LogP contribution in [0, 0.1) is 11.3 Å². The van der Waals surface area contributed by atoms with Gasteiger partial charge in [-0.2, -0.15) is 5.26 Å². The number of nitrogens with one attached hydrogen (secondary N) is 1. The first-order chi connectivity index (χ1) is 14.7. The van der Waals surface area contributed by atoms with Crippen molar-refractivity contribution in [2.24, 2.45) is 0 Å². The molecule has 0 saturated carbocycles. The van der Waals surface area contributed by atoms with E-state index in [9.17, 15) is 4.79 Å². The Bertz CT molecular complexity index is 1040. The van der Waals surface area contributed by atoms with E-state index >= 15 is 0 Å². The number of hydrogen-bond acceptors (Lipinski definition) is 5. The van der Waals surface area contributed by atoms with Gasteiger partial charge in [-0.3, -0.25) is 9.69 Å². The normalized spacial score (nSPS) is 14.2. The van der Waals surface area contributed by atoms with E-state index < -0.39 is 0 Å². The Morgan fingerprint density at radius 1 is 1.00 bits per heavy atom. The van der Waals surface area contributed by atoms with E-state index in [1.54, 1.807) is 30.5 Å². The SMILES string of the molecule is N#Cc1ccc(Nc2cc(C(=O)N3CCN(Cc4ccccc4)CC3)ccn2)cc1. The summed E-state index contributed by atoms with van der Waals surface area (Å²) >= 11 is 0. The molecule has 150 valence electrons. The quantitative estimate of drug-likeness (QED) is 0.711. The summed E-state index contributed by atoms with van der Waals surface area (Å²) in [4.78, 5) is 21.6. The third-order valence-corrected chi connectivity index (χ3v) is 5.20. The molecule has 30 heavy (non-hydrogen) atoms. The molecule has 2 heterocycles. The fourth-order valence-electron chi connectivity index (χ4n) is 3.54. The molecule has 4 rings (SSSR count). The van der Waals surface area contributed by atoms with Gasteiger partial charge in [0.25, 0.3) is 5.91 Å². The molecule has 2 aromatic carbocycles. The number of rotatable bonds is 5. The van der Waals surface area contributed by atoms with Gasteiger partial charge in [-0.1, -0.05) is 30.3 Å². The maximum atomic E-state index is 13.0. The molecule has 1 N–H and O–H groups in total. The molecule has 1 fully saturated rings. The zero-order valence-corrected chi connectivity index (χ0v) is 16.7. The Kier molecular flexibility index (Phi) is 6.02. The van der Waals surface area contributed by atoms with Crippen LogP contribution in [0.25, 0.3) is 0 Å². The Balaban J connectivity index is 1.35. The molecular weight excluding hydrogens is 374 g/mol. The third-order valence-electron chi connectivity index (χ3n) is 5.20. The fraction of sp³-hybridized carbons (Fsp3) is 0.208. The minimum Gasteiger partial charge on any atom is -0.340 e. The van der Waals surface area contributed by atoms with Gasteiger partial charge in [-0.25, -0.2) is 4.98 Å². The van der Waals surface area contributed by atoms with Crippen molar-refractivity contribution in [3.63, 3.8) is 0 Å². The van der Waals surface area contributed by atoms with Gasteiger partial charge < -0.3 is 10.2 Å². The topological polar surface area (TPSA) is 72.3 Å². The molecule has 0 radical (unpaired) electrons. The summed E-state index contributed by atoms with van der Waals surface area (Å²) in [7, 11) is 0. The second kappa shape index (κ2) is 9.21. The van der Waals surface area contributed by atoms with Gasteiger partial charge in [0, 0.05) is 50.2 Å². The van der Waals surface area contributed by atoms with Gasteiger partial charge in [0.05, 0.1) is 11.6 Å². The van der Waals surface area contributed by atoms with E-state index in [2.05, 4.69) is 45.5 Å². The summed E-state index contributed by atoms with van der Waals surface area (Å²) in [5, 5.41) is 12.1. The standard InChI is InChI=1S/C24H23N5O/c25-17-19-6-8-22(9-7-19)27-23-16-21(10-11-26-23)24(30)29-14-12-28(13-15-29)18-20-4-2-1-3-5-20/h1-11,16H,12-15,18H2,(H,26,27). The summed E-state index contributed by atoms with van der Waals surface area (Å²) in [6.45, 7) is 4.07. The highest BCUT2D eigenvalue weighted by Gasteiger charge is 2.22. The number of anilines is 2. The lowest BCUT2D eigenvalue weighted by Crippen LogP contribution is -2.48. The van der Waals surface area contributed by atoms with Crippen LogP contribution in [-0.4, -0.2) is 46.9 Å². The van der Waals surface area contributed by atoms with Gasteiger partial charge >= 0.3 is 0 Å². The van der Waals surface area contributed by atoms with Crippen molar-refractivity contribution in [2.45, 2.75) is 6.54 Å². The third kappa shape index (κ3) is 4.83. The first-order valence-electron chi connectivity index (χ1n) is 10.00. The van der Waals surface area contributed by atoms with Crippen LogP contribution in [0.2, 0.25) is 0 Å². The maximum Gasteiger partial charge on any atom is 0.254 e. The van der Waals surface area contributed by atoms with Crippen LogP contribution in [0.3, 0.4) is 0 Å². The van der Waals surface area contributed by atoms with Crippen molar-refractivity contribution in [3.05, 3.63) is 89.6 Å². The van der Waals surface area contributed by atoms with E-state index in [4.69, 9.17) is 5.26 Å². The lowest BCUT2D eigenvalue weighted by atomic mass is 10.1. The molecule has 1 aliphatic rings. The number of carbonyl (C=O) groups is 1. The van der Waals surface area contributed by atoms with Gasteiger partial charge in [-0.05, 0) is 42.0 Å². The molecular formula is C24H23N5O. The van der Waals surface area contributed by atoms with E-state index in [1.165, 1.54) is 5.56 Å². The van der Waals surface area contributed by atoms with Crippen molar-refractivity contribution >= 4 is 17.4 Å². The van der Waals surface area contributed by atoms with Crippen molar-refractivity contribution in [2.75, 3.05) is 31.5 Å². The molecule has 0 atom stereocenters. The van der Waals surface area contributed by atoms with Gasteiger partial charge in [0.1, 0.15) is 5.82 Å². The molecule has 1 aromatic heterocycles. The van der Waals surface area contributed by atoms with Crippen LogP contribution < -0.4 is 5.32 Å². The van der Waals surface area contributed by atoms with Gasteiger partial charge in [0.15, 0.2) is 0 Å². The zero-order valence-electron chi connectivity index (χ0n) is 16.7. The van der Waals surface area contributed by atoms with Crippen LogP contribution in [0.15, 0.2) is 72.9 Å². The highest BCUT2D eigenvalue weighted by molar-refractivity contribution is 5.95. The Labute approximate surface area is 176 Å². The van der Waals surface area contributed by atoms with Crippen LogP contribution in [0.5, 0.6) is 0 Å². The van der Waals surface area contributed by atoms with Crippen molar-refractivity contribution < 1.29 is 4.79 Å². The lowest BCUT2D eigenvalue weighted by Gasteiger charge is -2.34. The lowest BCUT2D eigenvalue weighted by molar-refractivity contribution is 0.0628. The Morgan fingerprint density at radius 2 is 1.73 bits per heavy atom. The van der Waals surface area contributed by atoms with Gasteiger partial charge in [-0.15, -0.1) is 0 Å². The van der Waals surface area contributed by atoms with Crippen LogP contribution >= 0.6 is 0 Å². The predicted octanol–water partition coefficient (Wildman–Crippen LogP) is 3.65. The molecule has 6 heteroatoms. The zero-order chi connectivity index (χ0) is 20.8. The number of carbonyl (C=O) groups excluding carboxylic acids is 1. The first-order valence-corrected chi connectivity index (χ1v) is 10.00. The predicted molar refractivity (Wildman–Crippen MR) is 116 cm³/mol. The Hall–Kier alpha value is -3.69. The minimum absolute atomic E-state index is 0.0274. The number of nitrogens with zero attached hydrogens (tertiary/aromatic N) is 4. The number of nitriles is 1. The molecule has 0 bridgehead atoms. The highest BCUT2D eigenvalue weighted by Crippen LogP contribution is 2.18. The molecule has 1 saturated heterocycles. The molecule has 1 aliphatic heterocycles. The second-order valence-electron chi connectivity index (χ2n) is 7.30. The number of benzene rings is 2. The first kappa shape index (κ1) is 19.6.